The number of carbonyl (C=O) groups excluding carboxylic acids is 4. The molecule has 1 saturated carbocycles. The van der Waals surface area contributed by atoms with Gasteiger partial charge in [0.2, 0.25) is 6.79 Å². The van der Waals surface area contributed by atoms with E-state index in [1.54, 1.807) is 18.2 Å². The molecule has 1 aliphatic carbocycles. The monoisotopic (exact) mass is 431 g/mol. The van der Waals surface area contributed by atoms with Crippen molar-refractivity contribution in [2.75, 3.05) is 19.9 Å². The standard InChI is InChI=1S/C21H25N3O7/c1-13-4-6-21(7-5-13)19(27)24(20(28)23-21)10-18(26)29-11-17(25)22-9-14-2-3-15-16(8-14)31-12-30-15/h2-3,8,13H,4-7,9-12H2,1H3,(H,22,25)(H,23,28). The molecule has 2 heterocycles. The minimum atomic E-state index is -0.911. The Morgan fingerprint density at radius 3 is 2.74 bits per heavy atom. The molecule has 2 fully saturated rings. The summed E-state index contributed by atoms with van der Waals surface area (Å²) in [6, 6.07) is 4.71. The van der Waals surface area contributed by atoms with Crippen LogP contribution in [0, 0.1) is 5.92 Å². The predicted molar refractivity (Wildman–Crippen MR) is 106 cm³/mol. The highest BCUT2D eigenvalue weighted by atomic mass is 16.7. The maximum Gasteiger partial charge on any atom is 0.326 e. The highest BCUT2D eigenvalue weighted by Gasteiger charge is 2.52. The molecule has 2 aliphatic heterocycles. The van der Waals surface area contributed by atoms with Crippen molar-refractivity contribution in [3.63, 3.8) is 0 Å². The van der Waals surface area contributed by atoms with Crippen LogP contribution in [0.2, 0.25) is 0 Å². The van der Waals surface area contributed by atoms with Gasteiger partial charge in [0.25, 0.3) is 11.8 Å². The Bertz CT molecular complexity index is 908. The number of imide groups is 1. The molecule has 1 saturated heterocycles. The van der Waals surface area contributed by atoms with Crippen LogP contribution in [0.4, 0.5) is 4.79 Å². The van der Waals surface area contributed by atoms with Gasteiger partial charge in [0.15, 0.2) is 18.1 Å². The lowest BCUT2D eigenvalue weighted by molar-refractivity contribution is -0.151. The lowest BCUT2D eigenvalue weighted by Crippen LogP contribution is -2.49. The molecule has 3 aliphatic rings. The van der Waals surface area contributed by atoms with Crippen LogP contribution >= 0.6 is 0 Å². The topological polar surface area (TPSA) is 123 Å². The van der Waals surface area contributed by atoms with E-state index in [4.69, 9.17) is 14.2 Å². The van der Waals surface area contributed by atoms with Gasteiger partial charge in [0.05, 0.1) is 0 Å². The van der Waals surface area contributed by atoms with E-state index in [0.717, 1.165) is 23.3 Å². The molecule has 0 aromatic heterocycles. The normalized spacial score (nSPS) is 24.3. The molecule has 10 nitrogen and oxygen atoms in total. The van der Waals surface area contributed by atoms with Gasteiger partial charge >= 0.3 is 12.0 Å². The second-order valence-electron chi connectivity index (χ2n) is 8.21. The van der Waals surface area contributed by atoms with Crippen molar-refractivity contribution in [3.05, 3.63) is 23.8 Å². The van der Waals surface area contributed by atoms with Crippen LogP contribution in [0.15, 0.2) is 18.2 Å². The summed E-state index contributed by atoms with van der Waals surface area (Å²) < 4.78 is 15.5. The third-order valence-electron chi connectivity index (χ3n) is 5.95. The van der Waals surface area contributed by atoms with Crippen LogP contribution in [0.3, 0.4) is 0 Å². The summed E-state index contributed by atoms with van der Waals surface area (Å²) in [6.45, 7) is 1.48. The van der Waals surface area contributed by atoms with Crippen molar-refractivity contribution in [2.24, 2.45) is 5.92 Å². The number of fused-ring (bicyclic) bond motifs is 1. The molecule has 0 atom stereocenters. The highest BCUT2D eigenvalue weighted by molar-refractivity contribution is 6.08. The zero-order valence-electron chi connectivity index (χ0n) is 17.3. The molecule has 166 valence electrons. The molecule has 1 aromatic rings. The predicted octanol–water partition coefficient (Wildman–Crippen LogP) is 1.08. The number of hydrogen-bond acceptors (Lipinski definition) is 7. The van der Waals surface area contributed by atoms with Crippen molar-refractivity contribution in [1.29, 1.82) is 0 Å². The molecule has 0 unspecified atom stereocenters. The third kappa shape index (κ3) is 4.42. The lowest BCUT2D eigenvalue weighted by atomic mass is 9.77. The summed E-state index contributed by atoms with van der Waals surface area (Å²) >= 11 is 0. The Balaban J connectivity index is 1.22. The van der Waals surface area contributed by atoms with E-state index >= 15 is 0 Å². The molecule has 10 heteroatoms. The summed E-state index contributed by atoms with van der Waals surface area (Å²) in [4.78, 5) is 50.0. The van der Waals surface area contributed by atoms with Gasteiger partial charge in [-0.25, -0.2) is 4.79 Å². The Morgan fingerprint density at radius 1 is 1.23 bits per heavy atom. The van der Waals surface area contributed by atoms with E-state index in [9.17, 15) is 19.2 Å². The lowest BCUT2D eigenvalue weighted by Gasteiger charge is -2.33. The fraction of sp³-hybridized carbons (Fsp3) is 0.524. The van der Waals surface area contributed by atoms with Crippen molar-refractivity contribution >= 4 is 23.8 Å². The molecule has 4 amide bonds. The zero-order valence-corrected chi connectivity index (χ0v) is 17.3. The summed E-state index contributed by atoms with van der Waals surface area (Å²) in [5.74, 6) is 0.0500. The highest BCUT2D eigenvalue weighted by Crippen LogP contribution is 2.36. The van der Waals surface area contributed by atoms with Crippen molar-refractivity contribution in [3.8, 4) is 11.5 Å². The molecular weight excluding hydrogens is 406 g/mol. The van der Waals surface area contributed by atoms with Crippen molar-refractivity contribution in [2.45, 2.75) is 44.7 Å². The number of urea groups is 1. The van der Waals surface area contributed by atoms with E-state index in [0.29, 0.717) is 30.3 Å². The largest absolute Gasteiger partial charge is 0.454 e. The maximum absolute atomic E-state index is 12.7. The molecule has 1 aromatic carbocycles. The van der Waals surface area contributed by atoms with Gasteiger partial charge in [0.1, 0.15) is 12.1 Å². The fourth-order valence-corrected chi connectivity index (χ4v) is 4.04. The fourth-order valence-electron chi connectivity index (χ4n) is 4.04. The van der Waals surface area contributed by atoms with Crippen LogP contribution in [0.1, 0.15) is 38.2 Å². The molecule has 1 spiro atoms. The quantitative estimate of drug-likeness (QED) is 0.510. The van der Waals surface area contributed by atoms with Gasteiger partial charge < -0.3 is 24.8 Å². The molecule has 0 bridgehead atoms. The number of carbonyl (C=O) groups is 4. The van der Waals surface area contributed by atoms with Crippen LogP contribution in [0.5, 0.6) is 11.5 Å². The van der Waals surface area contributed by atoms with Crippen LogP contribution in [0.25, 0.3) is 0 Å². The number of rotatable bonds is 6. The van der Waals surface area contributed by atoms with Gasteiger partial charge in [-0.3, -0.25) is 19.3 Å². The second kappa shape index (κ2) is 8.44. The van der Waals surface area contributed by atoms with Gasteiger partial charge in [-0.1, -0.05) is 13.0 Å². The number of nitrogens with one attached hydrogen (secondary N) is 2. The van der Waals surface area contributed by atoms with Crippen molar-refractivity contribution < 1.29 is 33.4 Å². The average molecular weight is 431 g/mol. The van der Waals surface area contributed by atoms with E-state index in [2.05, 4.69) is 17.6 Å². The summed E-state index contributed by atoms with van der Waals surface area (Å²) in [5, 5.41) is 5.38. The van der Waals surface area contributed by atoms with Gasteiger partial charge in [-0.15, -0.1) is 0 Å². The third-order valence-corrected chi connectivity index (χ3v) is 5.95. The van der Waals surface area contributed by atoms with Gasteiger partial charge in [-0.05, 0) is 49.3 Å². The molecule has 2 N–H and O–H groups in total. The summed E-state index contributed by atoms with van der Waals surface area (Å²) in [7, 11) is 0. The Labute approximate surface area is 179 Å². The average Bonchev–Trinajstić information content (AvgIpc) is 3.31. The SMILES string of the molecule is CC1CCC2(CC1)NC(=O)N(CC(=O)OCC(=O)NCc1ccc3c(c1)OCO3)C2=O. The second-order valence-corrected chi connectivity index (χ2v) is 8.21. The first-order valence-corrected chi connectivity index (χ1v) is 10.3. The first-order chi connectivity index (χ1) is 14.9. The first kappa shape index (κ1) is 21.0. The van der Waals surface area contributed by atoms with Crippen molar-refractivity contribution in [1.82, 2.24) is 15.5 Å². The number of ether oxygens (including phenoxy) is 3. The molecule has 0 radical (unpaired) electrons. The zero-order chi connectivity index (χ0) is 22.0. The van der Waals surface area contributed by atoms with E-state index in [-0.39, 0.29) is 13.3 Å². The van der Waals surface area contributed by atoms with Gasteiger partial charge in [-0.2, -0.15) is 0 Å². The first-order valence-electron chi connectivity index (χ1n) is 10.3. The molecular formula is C21H25N3O7. The number of amides is 4. The van der Waals surface area contributed by atoms with E-state index in [1.165, 1.54) is 0 Å². The van der Waals surface area contributed by atoms with E-state index in [1.807, 2.05) is 0 Å². The molecule has 4 rings (SSSR count). The number of esters is 1. The molecule has 31 heavy (non-hydrogen) atoms. The van der Waals surface area contributed by atoms with E-state index < -0.39 is 42.5 Å². The van der Waals surface area contributed by atoms with Crippen LogP contribution in [-0.2, 0) is 25.7 Å². The van der Waals surface area contributed by atoms with Gasteiger partial charge in [0, 0.05) is 6.54 Å². The minimum Gasteiger partial charge on any atom is -0.454 e. The maximum atomic E-state index is 12.7. The Hall–Kier alpha value is -3.30. The Kier molecular flexibility index (Phi) is 5.71. The summed E-state index contributed by atoms with van der Waals surface area (Å²) in [5.41, 5.74) is -0.110. The van der Waals surface area contributed by atoms with Crippen LogP contribution in [-0.4, -0.2) is 54.2 Å². The summed E-state index contributed by atoms with van der Waals surface area (Å²) in [6.07, 6.45) is 2.81. The Morgan fingerprint density at radius 2 is 1.97 bits per heavy atom. The number of nitrogens with zero attached hydrogens (tertiary/aromatic N) is 1. The number of hydrogen-bond donors (Lipinski definition) is 2. The number of benzene rings is 1. The minimum absolute atomic E-state index is 0.166. The smallest absolute Gasteiger partial charge is 0.326 e. The van der Waals surface area contributed by atoms with Crippen LogP contribution < -0.4 is 20.1 Å².